The highest BCUT2D eigenvalue weighted by Crippen LogP contribution is 2.19. The zero-order valence-corrected chi connectivity index (χ0v) is 18.4. The summed E-state index contributed by atoms with van der Waals surface area (Å²) in [4.78, 5) is 8.91. The van der Waals surface area contributed by atoms with Gasteiger partial charge in [-0.25, -0.2) is 4.98 Å². The molecule has 0 unspecified atom stereocenters. The predicted molar refractivity (Wildman–Crippen MR) is 117 cm³/mol. The first-order valence-electron chi connectivity index (χ1n) is 8.14. The van der Waals surface area contributed by atoms with Crippen molar-refractivity contribution in [3.8, 4) is 5.75 Å². The first kappa shape index (κ1) is 21.7. The number of ether oxygens (including phenoxy) is 1. The molecule has 138 valence electrons. The molecule has 1 aromatic carbocycles. The number of aliphatic imine (C=N–C) groups is 1. The highest BCUT2D eigenvalue weighted by atomic mass is 127. The van der Waals surface area contributed by atoms with Crippen molar-refractivity contribution >= 4 is 41.3 Å². The number of rotatable bonds is 7. The van der Waals surface area contributed by atoms with Crippen molar-refractivity contribution in [3.05, 3.63) is 45.9 Å². The van der Waals surface area contributed by atoms with Gasteiger partial charge in [0.05, 0.1) is 17.8 Å². The third kappa shape index (κ3) is 6.81. The predicted octanol–water partition coefficient (Wildman–Crippen LogP) is 3.80. The maximum atomic E-state index is 5.36. The quantitative estimate of drug-likeness (QED) is 0.364. The Morgan fingerprint density at radius 3 is 2.68 bits per heavy atom. The van der Waals surface area contributed by atoms with Gasteiger partial charge in [-0.3, -0.25) is 4.99 Å². The molecule has 7 heteroatoms. The Kier molecular flexibility index (Phi) is 9.81. The van der Waals surface area contributed by atoms with Gasteiger partial charge in [-0.05, 0) is 6.07 Å². The molecule has 0 aliphatic carbocycles. The van der Waals surface area contributed by atoms with E-state index in [0.29, 0.717) is 12.5 Å². The molecule has 0 fully saturated rings. The van der Waals surface area contributed by atoms with Crippen LogP contribution in [0.2, 0.25) is 0 Å². The van der Waals surface area contributed by atoms with Crippen molar-refractivity contribution in [2.24, 2.45) is 4.99 Å². The maximum absolute atomic E-state index is 5.36. The number of hydrogen-bond donors (Lipinski definition) is 2. The topological polar surface area (TPSA) is 58.5 Å². The summed E-state index contributed by atoms with van der Waals surface area (Å²) in [7, 11) is 3.46. The van der Waals surface area contributed by atoms with Crippen molar-refractivity contribution in [2.75, 3.05) is 20.7 Å². The average molecular weight is 474 g/mol. The Hall–Kier alpha value is -1.35. The van der Waals surface area contributed by atoms with Gasteiger partial charge in [0.1, 0.15) is 5.75 Å². The van der Waals surface area contributed by atoms with Gasteiger partial charge in [0.25, 0.3) is 0 Å². The van der Waals surface area contributed by atoms with Gasteiger partial charge in [0.15, 0.2) is 5.96 Å². The van der Waals surface area contributed by atoms with E-state index in [0.717, 1.165) is 35.9 Å². The van der Waals surface area contributed by atoms with Crippen molar-refractivity contribution in [2.45, 2.75) is 32.7 Å². The number of para-hydroxylation sites is 1. The van der Waals surface area contributed by atoms with E-state index in [4.69, 9.17) is 4.74 Å². The summed E-state index contributed by atoms with van der Waals surface area (Å²) in [5, 5.41) is 9.98. The van der Waals surface area contributed by atoms with E-state index in [2.05, 4.69) is 39.8 Å². The summed E-state index contributed by atoms with van der Waals surface area (Å²) < 4.78 is 5.36. The van der Waals surface area contributed by atoms with Crippen LogP contribution in [0.5, 0.6) is 5.75 Å². The van der Waals surface area contributed by atoms with Crippen LogP contribution in [0.25, 0.3) is 0 Å². The Morgan fingerprint density at radius 1 is 1.28 bits per heavy atom. The fourth-order valence-corrected chi connectivity index (χ4v) is 3.13. The first-order chi connectivity index (χ1) is 11.6. The number of halogens is 1. The van der Waals surface area contributed by atoms with Gasteiger partial charge in [-0.15, -0.1) is 35.3 Å². The molecule has 0 bridgehead atoms. The van der Waals surface area contributed by atoms with Crippen LogP contribution in [0.1, 0.15) is 36.0 Å². The summed E-state index contributed by atoms with van der Waals surface area (Å²) in [5.41, 5.74) is 2.24. The van der Waals surface area contributed by atoms with E-state index in [-0.39, 0.29) is 24.0 Å². The third-order valence-electron chi connectivity index (χ3n) is 3.60. The highest BCUT2D eigenvalue weighted by molar-refractivity contribution is 14.0. The van der Waals surface area contributed by atoms with Gasteiger partial charge in [0, 0.05) is 43.4 Å². The molecule has 25 heavy (non-hydrogen) atoms. The average Bonchev–Trinajstić information content (AvgIpc) is 3.07. The number of nitrogens with one attached hydrogen (secondary N) is 2. The fourth-order valence-electron chi connectivity index (χ4n) is 2.26. The summed E-state index contributed by atoms with van der Waals surface area (Å²) in [5.74, 6) is 2.15. The fraction of sp³-hybridized carbons (Fsp3) is 0.444. The molecule has 0 spiro atoms. The van der Waals surface area contributed by atoms with Crippen LogP contribution in [0.4, 0.5) is 0 Å². The number of aromatic nitrogens is 1. The lowest BCUT2D eigenvalue weighted by Gasteiger charge is -2.13. The number of hydrogen-bond acceptors (Lipinski definition) is 4. The SMILES string of the molecule is CN=C(NCCc1csc(C(C)C)n1)NCc1ccccc1OC.I. The van der Waals surface area contributed by atoms with E-state index in [1.54, 1.807) is 25.5 Å². The van der Waals surface area contributed by atoms with Crippen LogP contribution in [-0.2, 0) is 13.0 Å². The number of thiazole rings is 1. The minimum atomic E-state index is 0. The number of methoxy groups -OCH3 is 1. The highest BCUT2D eigenvalue weighted by Gasteiger charge is 2.06. The molecule has 0 amide bonds. The van der Waals surface area contributed by atoms with Crippen molar-refractivity contribution in [1.29, 1.82) is 0 Å². The molecule has 0 aliphatic heterocycles. The Balaban J connectivity index is 0.00000312. The van der Waals surface area contributed by atoms with Gasteiger partial charge < -0.3 is 15.4 Å². The zero-order valence-electron chi connectivity index (χ0n) is 15.2. The van der Waals surface area contributed by atoms with E-state index in [1.165, 1.54) is 5.01 Å². The second kappa shape index (κ2) is 11.3. The van der Waals surface area contributed by atoms with Crippen LogP contribution in [0.3, 0.4) is 0 Å². The Labute approximate surface area is 171 Å². The Bertz CT molecular complexity index is 673. The number of nitrogens with zero attached hydrogens (tertiary/aromatic N) is 2. The molecule has 5 nitrogen and oxygen atoms in total. The molecule has 0 saturated carbocycles. The molecule has 0 radical (unpaired) electrons. The summed E-state index contributed by atoms with van der Waals surface area (Å²) >= 11 is 1.74. The lowest BCUT2D eigenvalue weighted by atomic mass is 10.2. The summed E-state index contributed by atoms with van der Waals surface area (Å²) in [6.07, 6.45) is 0.887. The standard InChI is InChI=1S/C18H26N4OS.HI/c1-13(2)17-22-15(12-24-17)9-10-20-18(19-3)21-11-14-7-5-6-8-16(14)23-4;/h5-8,12-13H,9-11H2,1-4H3,(H2,19,20,21);1H. The first-order valence-corrected chi connectivity index (χ1v) is 9.02. The largest absolute Gasteiger partial charge is 0.496 e. The summed E-state index contributed by atoms with van der Waals surface area (Å²) in [6.45, 7) is 5.81. The smallest absolute Gasteiger partial charge is 0.191 e. The normalized spacial score (nSPS) is 11.2. The monoisotopic (exact) mass is 474 g/mol. The molecule has 0 aliphatic rings. The molecule has 0 saturated heterocycles. The number of benzene rings is 1. The van der Waals surface area contributed by atoms with Crippen LogP contribution in [0.15, 0.2) is 34.6 Å². The van der Waals surface area contributed by atoms with Crippen molar-refractivity contribution in [3.63, 3.8) is 0 Å². The molecular formula is C18H27IN4OS. The molecule has 2 rings (SSSR count). The van der Waals surface area contributed by atoms with Gasteiger partial charge >= 0.3 is 0 Å². The molecule has 1 heterocycles. The minimum absolute atomic E-state index is 0. The minimum Gasteiger partial charge on any atom is -0.496 e. The maximum Gasteiger partial charge on any atom is 0.191 e. The van der Waals surface area contributed by atoms with E-state index in [9.17, 15) is 0 Å². The van der Waals surface area contributed by atoms with Gasteiger partial charge in [-0.2, -0.15) is 0 Å². The molecule has 2 N–H and O–H groups in total. The number of guanidine groups is 1. The van der Waals surface area contributed by atoms with Gasteiger partial charge in [0.2, 0.25) is 0 Å². The van der Waals surface area contributed by atoms with E-state index < -0.39 is 0 Å². The van der Waals surface area contributed by atoms with Crippen LogP contribution in [0, 0.1) is 0 Å². The third-order valence-corrected chi connectivity index (χ3v) is 4.79. The molecule has 2 aromatic rings. The second-order valence-electron chi connectivity index (χ2n) is 5.75. The van der Waals surface area contributed by atoms with E-state index >= 15 is 0 Å². The Morgan fingerprint density at radius 2 is 2.04 bits per heavy atom. The van der Waals surface area contributed by atoms with Crippen molar-refractivity contribution in [1.82, 2.24) is 15.6 Å². The van der Waals surface area contributed by atoms with Crippen LogP contribution >= 0.6 is 35.3 Å². The van der Waals surface area contributed by atoms with Crippen LogP contribution < -0.4 is 15.4 Å². The lowest BCUT2D eigenvalue weighted by Crippen LogP contribution is -2.37. The zero-order chi connectivity index (χ0) is 17.4. The lowest BCUT2D eigenvalue weighted by molar-refractivity contribution is 0.409. The van der Waals surface area contributed by atoms with Crippen molar-refractivity contribution < 1.29 is 4.74 Å². The van der Waals surface area contributed by atoms with Crippen LogP contribution in [-0.4, -0.2) is 31.6 Å². The molecule has 1 aromatic heterocycles. The molecule has 0 atom stereocenters. The second-order valence-corrected chi connectivity index (χ2v) is 6.64. The van der Waals surface area contributed by atoms with E-state index in [1.807, 2.05) is 24.3 Å². The van der Waals surface area contributed by atoms with Gasteiger partial charge in [-0.1, -0.05) is 32.0 Å². The molecular weight excluding hydrogens is 447 g/mol. The summed E-state index contributed by atoms with van der Waals surface area (Å²) in [6, 6.07) is 7.97.